The first-order valence-corrected chi connectivity index (χ1v) is 6.74. The van der Waals surface area contributed by atoms with E-state index in [9.17, 15) is 0 Å². The number of hydrogen-bond acceptors (Lipinski definition) is 1. The summed E-state index contributed by atoms with van der Waals surface area (Å²) in [6.45, 7) is 15.8. The molecule has 1 nitrogen and oxygen atoms in total. The molecule has 0 amide bonds. The van der Waals surface area contributed by atoms with Gasteiger partial charge in [-0.3, -0.25) is 0 Å². The first-order chi connectivity index (χ1) is 8.38. The lowest BCUT2D eigenvalue weighted by atomic mass is 9.99. The fraction of sp³-hybridized carbons (Fsp3) is 0.500. The van der Waals surface area contributed by atoms with Gasteiger partial charge in [0.2, 0.25) is 0 Å². The summed E-state index contributed by atoms with van der Waals surface area (Å²) in [7, 11) is 0. The van der Waals surface area contributed by atoms with Crippen LogP contribution in [-0.2, 0) is 0 Å². The van der Waals surface area contributed by atoms with Crippen molar-refractivity contribution < 1.29 is 0 Å². The average Bonchev–Trinajstić information content (AvgIpc) is 2.45. The second-order valence-corrected chi connectivity index (χ2v) is 3.02. The Morgan fingerprint density at radius 2 is 1.94 bits per heavy atom. The fourth-order valence-electron chi connectivity index (χ4n) is 1.45. The van der Waals surface area contributed by atoms with Crippen LogP contribution in [0.1, 0.15) is 41.0 Å². The van der Waals surface area contributed by atoms with Crippen LogP contribution < -0.4 is 5.32 Å². The van der Waals surface area contributed by atoms with E-state index in [0.29, 0.717) is 0 Å². The zero-order valence-electron chi connectivity index (χ0n) is 12.2. The maximum atomic E-state index is 3.67. The van der Waals surface area contributed by atoms with E-state index in [2.05, 4.69) is 37.0 Å². The summed E-state index contributed by atoms with van der Waals surface area (Å²) in [5.74, 6) is 0. The lowest BCUT2D eigenvalue weighted by Crippen LogP contribution is -2.20. The van der Waals surface area contributed by atoms with E-state index in [1.165, 1.54) is 11.1 Å². The normalized spacial score (nSPS) is 15.1. The van der Waals surface area contributed by atoms with Crippen LogP contribution in [-0.4, -0.2) is 13.1 Å². The molecule has 0 radical (unpaired) electrons. The molecule has 0 fully saturated rings. The molecule has 0 aromatic rings. The summed E-state index contributed by atoms with van der Waals surface area (Å²) in [5.41, 5.74) is 2.76. The first-order valence-electron chi connectivity index (χ1n) is 6.74. The molecule has 1 N–H and O–H groups in total. The zero-order chi connectivity index (χ0) is 13.5. The number of nitrogens with one attached hydrogen (secondary N) is 1. The number of allylic oxidation sites excluding steroid dienone is 5. The Morgan fingerprint density at radius 1 is 1.29 bits per heavy atom. The molecule has 0 atom stereocenters. The summed E-state index contributed by atoms with van der Waals surface area (Å²) in [6.07, 6.45) is 11.4. The monoisotopic (exact) mass is 235 g/mol. The lowest BCUT2D eigenvalue weighted by molar-refractivity contribution is 0.709. The van der Waals surface area contributed by atoms with Gasteiger partial charge in [0, 0.05) is 6.54 Å². The molecule has 0 unspecified atom stereocenters. The molecule has 1 heteroatoms. The van der Waals surface area contributed by atoms with Gasteiger partial charge in [-0.15, -0.1) is 0 Å². The Hall–Kier alpha value is -1.08. The van der Waals surface area contributed by atoms with Crippen LogP contribution >= 0.6 is 0 Å². The second-order valence-electron chi connectivity index (χ2n) is 3.02. The van der Waals surface area contributed by atoms with Gasteiger partial charge in [-0.1, -0.05) is 64.7 Å². The van der Waals surface area contributed by atoms with Gasteiger partial charge < -0.3 is 5.32 Å². The highest BCUT2D eigenvalue weighted by Gasteiger charge is 2.04. The largest absolute Gasteiger partial charge is 0.313 e. The Morgan fingerprint density at radius 3 is 2.35 bits per heavy atom. The summed E-state index contributed by atoms with van der Waals surface area (Å²) >= 11 is 0. The van der Waals surface area contributed by atoms with Gasteiger partial charge in [0.05, 0.1) is 0 Å². The van der Waals surface area contributed by atoms with Crippen molar-refractivity contribution in [1.82, 2.24) is 5.32 Å². The first kappa shape index (κ1) is 18.3. The minimum atomic E-state index is 0.995. The highest BCUT2D eigenvalue weighted by atomic mass is 14.8. The Kier molecular flexibility index (Phi) is 16.1. The molecule has 0 aromatic carbocycles. The number of rotatable bonds is 3. The van der Waals surface area contributed by atoms with Crippen LogP contribution in [0.2, 0.25) is 0 Å². The van der Waals surface area contributed by atoms with Gasteiger partial charge >= 0.3 is 0 Å². The van der Waals surface area contributed by atoms with E-state index >= 15 is 0 Å². The SMILES string of the molecule is C=C/C=C\C(=C/C)C1=CCNCC1.CC.CC. The van der Waals surface area contributed by atoms with Crippen molar-refractivity contribution in [3.05, 3.63) is 48.1 Å². The molecule has 0 spiro atoms. The minimum Gasteiger partial charge on any atom is -0.313 e. The Labute approximate surface area is 108 Å². The third-order valence-corrected chi connectivity index (χ3v) is 2.16. The summed E-state index contributed by atoms with van der Waals surface area (Å²) < 4.78 is 0. The molecule has 1 rings (SSSR count). The molecule has 0 aromatic heterocycles. The smallest absolute Gasteiger partial charge is 0.0140 e. The van der Waals surface area contributed by atoms with Crippen molar-refractivity contribution >= 4 is 0 Å². The van der Waals surface area contributed by atoms with Crippen LogP contribution in [0.5, 0.6) is 0 Å². The van der Waals surface area contributed by atoms with E-state index in [4.69, 9.17) is 0 Å². The Balaban J connectivity index is 0. The molecule has 0 bridgehead atoms. The van der Waals surface area contributed by atoms with Crippen LogP contribution in [0.15, 0.2) is 48.1 Å². The van der Waals surface area contributed by atoms with Gasteiger partial charge in [-0.2, -0.15) is 0 Å². The average molecular weight is 235 g/mol. The zero-order valence-corrected chi connectivity index (χ0v) is 12.2. The molecule has 98 valence electrons. The standard InChI is InChI=1S/C12H17N.2C2H6/c1-3-5-6-11(4-2)12-7-9-13-10-8-12;2*1-2/h3-7,13H,1,8-10H2,2H3;2*1-2H3/b6-5-,11-4+;;. The van der Waals surface area contributed by atoms with E-state index in [-0.39, 0.29) is 0 Å². The van der Waals surface area contributed by atoms with E-state index in [1.807, 2.05) is 39.8 Å². The highest BCUT2D eigenvalue weighted by Crippen LogP contribution is 2.16. The van der Waals surface area contributed by atoms with E-state index < -0.39 is 0 Å². The van der Waals surface area contributed by atoms with Gasteiger partial charge in [-0.05, 0) is 31.0 Å². The van der Waals surface area contributed by atoms with Gasteiger partial charge in [-0.25, -0.2) is 0 Å². The van der Waals surface area contributed by atoms with Crippen LogP contribution in [0.25, 0.3) is 0 Å². The molecule has 0 aliphatic carbocycles. The van der Waals surface area contributed by atoms with Crippen molar-refractivity contribution in [2.24, 2.45) is 0 Å². The second kappa shape index (κ2) is 14.9. The summed E-state index contributed by atoms with van der Waals surface area (Å²) in [6, 6.07) is 0. The molecule has 0 saturated heterocycles. The van der Waals surface area contributed by atoms with Crippen molar-refractivity contribution in [3.63, 3.8) is 0 Å². The third-order valence-electron chi connectivity index (χ3n) is 2.16. The molecular formula is C16H29N. The molecule has 1 heterocycles. The number of hydrogen-bond donors (Lipinski definition) is 1. The maximum absolute atomic E-state index is 3.67. The van der Waals surface area contributed by atoms with Gasteiger partial charge in [0.1, 0.15) is 0 Å². The maximum Gasteiger partial charge on any atom is 0.0140 e. The predicted molar refractivity (Wildman–Crippen MR) is 81.4 cm³/mol. The predicted octanol–water partition coefficient (Wildman–Crippen LogP) is 4.65. The van der Waals surface area contributed by atoms with E-state index in [0.717, 1.165) is 19.5 Å². The van der Waals surface area contributed by atoms with Crippen LogP contribution in [0.4, 0.5) is 0 Å². The highest BCUT2D eigenvalue weighted by molar-refractivity contribution is 5.41. The molecule has 1 aliphatic rings. The molecule has 17 heavy (non-hydrogen) atoms. The lowest BCUT2D eigenvalue weighted by Gasteiger charge is -2.14. The molecular weight excluding hydrogens is 206 g/mol. The molecule has 1 aliphatic heterocycles. The Bertz CT molecular complexity index is 257. The van der Waals surface area contributed by atoms with Crippen molar-refractivity contribution in [3.8, 4) is 0 Å². The van der Waals surface area contributed by atoms with E-state index in [1.54, 1.807) is 0 Å². The van der Waals surface area contributed by atoms with Gasteiger partial charge in [0.25, 0.3) is 0 Å². The van der Waals surface area contributed by atoms with Crippen molar-refractivity contribution in [1.29, 1.82) is 0 Å². The topological polar surface area (TPSA) is 12.0 Å². The quantitative estimate of drug-likeness (QED) is 0.702. The third kappa shape index (κ3) is 8.70. The molecule has 0 saturated carbocycles. The van der Waals surface area contributed by atoms with Crippen molar-refractivity contribution in [2.75, 3.05) is 13.1 Å². The van der Waals surface area contributed by atoms with Crippen LogP contribution in [0.3, 0.4) is 0 Å². The van der Waals surface area contributed by atoms with Crippen LogP contribution in [0, 0.1) is 0 Å². The summed E-state index contributed by atoms with van der Waals surface area (Å²) in [4.78, 5) is 0. The fourth-order valence-corrected chi connectivity index (χ4v) is 1.45. The van der Waals surface area contributed by atoms with Crippen molar-refractivity contribution in [2.45, 2.75) is 41.0 Å². The van der Waals surface area contributed by atoms with Gasteiger partial charge in [0.15, 0.2) is 0 Å². The summed E-state index contributed by atoms with van der Waals surface area (Å²) in [5, 5.41) is 3.30. The minimum absolute atomic E-state index is 0.995.